The summed E-state index contributed by atoms with van der Waals surface area (Å²) in [4.78, 5) is 16.2. The van der Waals surface area contributed by atoms with Crippen molar-refractivity contribution in [3.05, 3.63) is 47.5 Å². The molecule has 1 atom stereocenters. The summed E-state index contributed by atoms with van der Waals surface area (Å²) < 4.78 is 0. The maximum absolute atomic E-state index is 5.96. The van der Waals surface area contributed by atoms with Crippen molar-refractivity contribution in [2.45, 2.75) is 17.3 Å². The SMILES string of the molecule is CC(Sc1nc2ccc(Cl)cc2[nH]1)c1cnccn1. The highest BCUT2D eigenvalue weighted by Crippen LogP contribution is 2.32. The number of fused-ring (bicyclic) bond motifs is 1. The molecule has 1 unspecified atom stereocenters. The Bertz CT molecular complexity index is 698. The van der Waals surface area contributed by atoms with E-state index in [1.807, 2.05) is 18.2 Å². The van der Waals surface area contributed by atoms with Crippen molar-refractivity contribution in [1.29, 1.82) is 0 Å². The minimum atomic E-state index is 0.185. The van der Waals surface area contributed by atoms with Crippen LogP contribution in [0.5, 0.6) is 0 Å². The lowest BCUT2D eigenvalue weighted by Crippen LogP contribution is -1.93. The van der Waals surface area contributed by atoms with Crippen LogP contribution in [0.4, 0.5) is 0 Å². The fourth-order valence-electron chi connectivity index (χ4n) is 1.76. The minimum absolute atomic E-state index is 0.185. The fourth-order valence-corrected chi connectivity index (χ4v) is 2.83. The summed E-state index contributed by atoms with van der Waals surface area (Å²) in [6.45, 7) is 2.08. The van der Waals surface area contributed by atoms with Crippen LogP contribution in [0.25, 0.3) is 11.0 Å². The standard InChI is InChI=1S/C13H11ClN4S/c1-8(12-7-15-4-5-16-12)19-13-17-10-3-2-9(14)6-11(10)18-13/h2-8H,1H3,(H,17,18). The molecule has 2 heterocycles. The zero-order chi connectivity index (χ0) is 13.2. The number of hydrogen-bond acceptors (Lipinski definition) is 4. The molecule has 1 aromatic carbocycles. The molecule has 0 aliphatic heterocycles. The summed E-state index contributed by atoms with van der Waals surface area (Å²) in [5, 5.41) is 1.75. The van der Waals surface area contributed by atoms with Gasteiger partial charge in [-0.3, -0.25) is 9.97 Å². The highest BCUT2D eigenvalue weighted by molar-refractivity contribution is 7.99. The number of rotatable bonds is 3. The molecule has 0 aliphatic rings. The predicted molar refractivity (Wildman–Crippen MR) is 77.4 cm³/mol. The highest BCUT2D eigenvalue weighted by atomic mass is 35.5. The number of thioether (sulfide) groups is 1. The second-order valence-corrected chi connectivity index (χ2v) is 5.86. The van der Waals surface area contributed by atoms with Gasteiger partial charge in [-0.2, -0.15) is 0 Å². The van der Waals surface area contributed by atoms with Crippen LogP contribution < -0.4 is 0 Å². The molecule has 0 saturated carbocycles. The minimum Gasteiger partial charge on any atom is -0.333 e. The monoisotopic (exact) mass is 290 g/mol. The van der Waals surface area contributed by atoms with Gasteiger partial charge in [0.05, 0.1) is 22.0 Å². The quantitative estimate of drug-likeness (QED) is 0.744. The predicted octanol–water partition coefficient (Wildman–Crippen LogP) is 3.86. The van der Waals surface area contributed by atoms with E-state index in [1.54, 1.807) is 30.4 Å². The molecule has 0 bridgehead atoms. The number of imidazole rings is 1. The smallest absolute Gasteiger partial charge is 0.167 e. The molecule has 1 N–H and O–H groups in total. The molecule has 0 aliphatic carbocycles. The number of aromatic amines is 1. The van der Waals surface area contributed by atoms with E-state index in [4.69, 9.17) is 11.6 Å². The Morgan fingerprint density at radius 1 is 1.32 bits per heavy atom. The Morgan fingerprint density at radius 3 is 3.00 bits per heavy atom. The van der Waals surface area contributed by atoms with Crippen molar-refractivity contribution >= 4 is 34.4 Å². The van der Waals surface area contributed by atoms with E-state index in [1.165, 1.54) is 0 Å². The largest absolute Gasteiger partial charge is 0.333 e. The molecule has 0 radical (unpaired) electrons. The van der Waals surface area contributed by atoms with Gasteiger partial charge in [-0.15, -0.1) is 0 Å². The van der Waals surface area contributed by atoms with Crippen molar-refractivity contribution in [1.82, 2.24) is 19.9 Å². The number of nitrogens with one attached hydrogen (secondary N) is 1. The molecule has 19 heavy (non-hydrogen) atoms. The number of halogens is 1. The van der Waals surface area contributed by atoms with Gasteiger partial charge in [0.25, 0.3) is 0 Å². The van der Waals surface area contributed by atoms with Crippen LogP contribution in [-0.4, -0.2) is 19.9 Å². The number of aromatic nitrogens is 4. The molecule has 96 valence electrons. The van der Waals surface area contributed by atoms with Gasteiger partial charge in [-0.1, -0.05) is 23.4 Å². The van der Waals surface area contributed by atoms with Gasteiger partial charge in [0.1, 0.15) is 0 Å². The van der Waals surface area contributed by atoms with E-state index in [9.17, 15) is 0 Å². The van der Waals surface area contributed by atoms with E-state index in [0.717, 1.165) is 21.9 Å². The molecular weight excluding hydrogens is 280 g/mol. The van der Waals surface area contributed by atoms with Gasteiger partial charge in [0.15, 0.2) is 5.16 Å². The Morgan fingerprint density at radius 2 is 2.21 bits per heavy atom. The maximum atomic E-state index is 5.96. The first-order valence-electron chi connectivity index (χ1n) is 5.80. The number of H-pyrrole nitrogens is 1. The molecular formula is C13H11ClN4S. The molecule has 2 aromatic heterocycles. The topological polar surface area (TPSA) is 54.5 Å². The Balaban J connectivity index is 1.85. The van der Waals surface area contributed by atoms with Crippen molar-refractivity contribution in [2.75, 3.05) is 0 Å². The third-order valence-corrected chi connectivity index (χ3v) is 3.96. The second kappa shape index (κ2) is 5.19. The van der Waals surface area contributed by atoms with Gasteiger partial charge in [-0.05, 0) is 25.1 Å². The van der Waals surface area contributed by atoms with Crippen LogP contribution in [0.15, 0.2) is 41.9 Å². The summed E-state index contributed by atoms with van der Waals surface area (Å²) in [6, 6.07) is 5.62. The zero-order valence-corrected chi connectivity index (χ0v) is 11.7. The van der Waals surface area contributed by atoms with Gasteiger partial charge >= 0.3 is 0 Å². The number of hydrogen-bond donors (Lipinski definition) is 1. The van der Waals surface area contributed by atoms with E-state index in [0.29, 0.717) is 5.02 Å². The molecule has 0 saturated heterocycles. The molecule has 0 spiro atoms. The number of benzene rings is 1. The zero-order valence-electron chi connectivity index (χ0n) is 10.2. The molecule has 3 aromatic rings. The van der Waals surface area contributed by atoms with E-state index >= 15 is 0 Å². The average molecular weight is 291 g/mol. The van der Waals surface area contributed by atoms with E-state index < -0.39 is 0 Å². The first-order valence-corrected chi connectivity index (χ1v) is 7.06. The van der Waals surface area contributed by atoms with Crippen molar-refractivity contribution < 1.29 is 0 Å². The molecule has 0 fully saturated rings. The lowest BCUT2D eigenvalue weighted by Gasteiger charge is -2.06. The normalized spacial score (nSPS) is 12.7. The fraction of sp³-hybridized carbons (Fsp3) is 0.154. The van der Waals surface area contributed by atoms with Gasteiger partial charge in [-0.25, -0.2) is 4.98 Å². The summed E-state index contributed by atoms with van der Waals surface area (Å²) in [5.74, 6) is 0. The molecule has 0 amide bonds. The van der Waals surface area contributed by atoms with E-state index in [-0.39, 0.29) is 5.25 Å². The lowest BCUT2D eigenvalue weighted by atomic mass is 10.3. The van der Waals surface area contributed by atoms with Crippen LogP contribution in [0, 0.1) is 0 Å². The third kappa shape index (κ3) is 2.72. The van der Waals surface area contributed by atoms with Crippen LogP contribution in [0.3, 0.4) is 0 Å². The summed E-state index contributed by atoms with van der Waals surface area (Å²) in [7, 11) is 0. The first-order chi connectivity index (χ1) is 9.22. The summed E-state index contributed by atoms with van der Waals surface area (Å²) >= 11 is 7.57. The van der Waals surface area contributed by atoms with Gasteiger partial charge < -0.3 is 4.98 Å². The van der Waals surface area contributed by atoms with Crippen LogP contribution in [0.1, 0.15) is 17.9 Å². The van der Waals surface area contributed by atoms with Gasteiger partial charge in [0, 0.05) is 23.6 Å². The van der Waals surface area contributed by atoms with Crippen LogP contribution in [0.2, 0.25) is 5.02 Å². The third-order valence-electron chi connectivity index (χ3n) is 2.71. The maximum Gasteiger partial charge on any atom is 0.167 e. The second-order valence-electron chi connectivity index (χ2n) is 4.09. The van der Waals surface area contributed by atoms with Crippen molar-refractivity contribution in [3.63, 3.8) is 0 Å². The summed E-state index contributed by atoms with van der Waals surface area (Å²) in [6.07, 6.45) is 5.14. The van der Waals surface area contributed by atoms with Crippen LogP contribution >= 0.6 is 23.4 Å². The molecule has 3 rings (SSSR count). The highest BCUT2D eigenvalue weighted by Gasteiger charge is 2.12. The van der Waals surface area contributed by atoms with Gasteiger partial charge in [0.2, 0.25) is 0 Å². The average Bonchev–Trinajstić information content (AvgIpc) is 2.81. The van der Waals surface area contributed by atoms with Crippen molar-refractivity contribution in [3.8, 4) is 0 Å². The summed E-state index contributed by atoms with van der Waals surface area (Å²) in [5.41, 5.74) is 2.80. The molecule has 4 nitrogen and oxygen atoms in total. The Hall–Kier alpha value is -1.59. The van der Waals surface area contributed by atoms with E-state index in [2.05, 4.69) is 26.9 Å². The van der Waals surface area contributed by atoms with Crippen molar-refractivity contribution in [2.24, 2.45) is 0 Å². The Kier molecular flexibility index (Phi) is 3.40. The molecule has 6 heteroatoms. The Labute approximate surface area is 119 Å². The first kappa shape index (κ1) is 12.4. The van der Waals surface area contributed by atoms with Crippen LogP contribution in [-0.2, 0) is 0 Å². The lowest BCUT2D eigenvalue weighted by molar-refractivity contribution is 0.961. The number of nitrogens with zero attached hydrogens (tertiary/aromatic N) is 3.